The van der Waals surface area contributed by atoms with E-state index in [4.69, 9.17) is 5.73 Å². The fraction of sp³-hybridized carbons (Fsp3) is 0.429. The Morgan fingerprint density at radius 1 is 1.42 bits per heavy atom. The molecule has 0 saturated heterocycles. The van der Waals surface area contributed by atoms with Crippen molar-refractivity contribution in [2.75, 3.05) is 20.6 Å². The first-order valence-corrected chi connectivity index (χ1v) is 6.43. The number of nitrogens with two attached hydrogens (primary N) is 1. The zero-order valence-electron chi connectivity index (χ0n) is 11.6. The van der Waals surface area contributed by atoms with Crippen LogP contribution in [0, 0.1) is 0 Å². The van der Waals surface area contributed by atoms with Gasteiger partial charge in [0, 0.05) is 20.5 Å². The topological polar surface area (TPSA) is 64.2 Å². The van der Waals surface area contributed by atoms with Crippen LogP contribution in [0.15, 0.2) is 24.3 Å². The summed E-state index contributed by atoms with van der Waals surface area (Å²) in [5.74, 6) is 0.924. The van der Waals surface area contributed by atoms with Crippen molar-refractivity contribution in [1.29, 1.82) is 0 Å². The maximum absolute atomic E-state index is 12.2. The van der Waals surface area contributed by atoms with Crippen molar-refractivity contribution in [3.05, 3.63) is 30.1 Å². The number of hydrogen-bond donors (Lipinski definition) is 1. The molecule has 0 aliphatic carbocycles. The van der Waals surface area contributed by atoms with E-state index in [0.29, 0.717) is 13.0 Å². The van der Waals surface area contributed by atoms with Crippen molar-refractivity contribution in [3.63, 3.8) is 0 Å². The van der Waals surface area contributed by atoms with Crippen molar-refractivity contribution in [2.24, 2.45) is 5.73 Å². The van der Waals surface area contributed by atoms with E-state index >= 15 is 0 Å². The number of aromatic nitrogens is 2. The maximum Gasteiger partial charge on any atom is 0.244 e. The molecular weight excluding hydrogens is 240 g/mol. The van der Waals surface area contributed by atoms with Gasteiger partial charge < -0.3 is 15.2 Å². The van der Waals surface area contributed by atoms with Crippen LogP contribution in [0.25, 0.3) is 11.0 Å². The summed E-state index contributed by atoms with van der Waals surface area (Å²) in [5.41, 5.74) is 7.53. The molecule has 19 heavy (non-hydrogen) atoms. The van der Waals surface area contributed by atoms with Gasteiger partial charge in [-0.15, -0.1) is 0 Å². The summed E-state index contributed by atoms with van der Waals surface area (Å²) in [5, 5.41) is 0. The lowest BCUT2D eigenvalue weighted by Gasteiger charge is -2.20. The number of nitrogens with zero attached hydrogens (tertiary/aromatic N) is 3. The molecule has 1 amide bonds. The highest BCUT2D eigenvalue weighted by molar-refractivity contribution is 5.83. The van der Waals surface area contributed by atoms with Crippen molar-refractivity contribution >= 4 is 16.9 Å². The molecule has 2 N–H and O–H groups in total. The summed E-state index contributed by atoms with van der Waals surface area (Å²) in [6.07, 6.45) is 0.666. The Bertz CT molecular complexity index is 588. The van der Waals surface area contributed by atoms with Gasteiger partial charge in [0.2, 0.25) is 5.91 Å². The van der Waals surface area contributed by atoms with E-state index < -0.39 is 0 Å². The van der Waals surface area contributed by atoms with Gasteiger partial charge in [-0.1, -0.05) is 12.1 Å². The third-order valence-corrected chi connectivity index (χ3v) is 3.22. The van der Waals surface area contributed by atoms with Crippen LogP contribution in [0.4, 0.5) is 0 Å². The van der Waals surface area contributed by atoms with Gasteiger partial charge in [0.15, 0.2) is 0 Å². The van der Waals surface area contributed by atoms with Crippen LogP contribution in [0.1, 0.15) is 18.8 Å². The van der Waals surface area contributed by atoms with E-state index in [2.05, 4.69) is 4.98 Å². The zero-order chi connectivity index (χ0) is 14.0. The van der Waals surface area contributed by atoms with Gasteiger partial charge in [-0.3, -0.25) is 4.79 Å². The highest BCUT2D eigenvalue weighted by Crippen LogP contribution is 2.22. The van der Waals surface area contributed by atoms with Gasteiger partial charge in [-0.05, 0) is 25.6 Å². The second-order valence-electron chi connectivity index (χ2n) is 4.83. The minimum atomic E-state index is -0.274. The first kappa shape index (κ1) is 13.5. The van der Waals surface area contributed by atoms with E-state index in [0.717, 1.165) is 16.9 Å². The molecule has 1 unspecified atom stereocenters. The van der Waals surface area contributed by atoms with Crippen molar-refractivity contribution in [2.45, 2.75) is 19.4 Å². The molecule has 1 atom stereocenters. The van der Waals surface area contributed by atoms with Crippen LogP contribution < -0.4 is 5.73 Å². The summed E-state index contributed by atoms with van der Waals surface area (Å²) >= 11 is 0. The Morgan fingerprint density at radius 2 is 2.11 bits per heavy atom. The average Bonchev–Trinajstić information content (AvgIpc) is 2.75. The minimum absolute atomic E-state index is 0.0569. The molecule has 5 nitrogen and oxygen atoms in total. The molecule has 2 aromatic rings. The number of rotatable bonds is 4. The van der Waals surface area contributed by atoms with E-state index in [-0.39, 0.29) is 11.9 Å². The number of imidazole rings is 1. The molecule has 0 saturated carbocycles. The molecule has 1 aromatic heterocycles. The molecule has 2 rings (SSSR count). The predicted molar refractivity (Wildman–Crippen MR) is 75.9 cm³/mol. The van der Waals surface area contributed by atoms with Crippen LogP contribution in [-0.2, 0) is 11.2 Å². The first-order valence-electron chi connectivity index (χ1n) is 6.43. The molecule has 0 bridgehead atoms. The third-order valence-electron chi connectivity index (χ3n) is 3.22. The third kappa shape index (κ3) is 2.46. The summed E-state index contributed by atoms with van der Waals surface area (Å²) < 4.78 is 1.99. The standard InChI is InChI=1S/C14H20N4O/c1-10(14(19)17(2)3)18-12-7-5-4-6-11(12)16-13(18)8-9-15/h4-7,10H,8-9,15H2,1-3H3. The monoisotopic (exact) mass is 260 g/mol. The Morgan fingerprint density at radius 3 is 2.74 bits per heavy atom. The molecule has 0 fully saturated rings. The molecule has 5 heteroatoms. The predicted octanol–water partition coefficient (Wildman–Crippen LogP) is 1.19. The Hall–Kier alpha value is -1.88. The van der Waals surface area contributed by atoms with Gasteiger partial charge in [-0.25, -0.2) is 4.98 Å². The van der Waals surface area contributed by atoms with Gasteiger partial charge in [0.25, 0.3) is 0 Å². The Balaban J connectivity index is 2.55. The smallest absolute Gasteiger partial charge is 0.244 e. The van der Waals surface area contributed by atoms with Gasteiger partial charge in [0.05, 0.1) is 11.0 Å². The molecular formula is C14H20N4O. The number of benzene rings is 1. The molecule has 102 valence electrons. The number of amides is 1. The summed E-state index contributed by atoms with van der Waals surface area (Å²) in [6.45, 7) is 2.42. The molecule has 0 radical (unpaired) electrons. The second kappa shape index (κ2) is 5.40. The quantitative estimate of drug-likeness (QED) is 0.898. The number of hydrogen-bond acceptors (Lipinski definition) is 3. The minimum Gasteiger partial charge on any atom is -0.347 e. The highest BCUT2D eigenvalue weighted by Gasteiger charge is 2.22. The fourth-order valence-corrected chi connectivity index (χ4v) is 2.32. The highest BCUT2D eigenvalue weighted by atomic mass is 16.2. The lowest BCUT2D eigenvalue weighted by molar-refractivity contribution is -0.131. The van der Waals surface area contributed by atoms with Crippen LogP contribution in [0.2, 0.25) is 0 Å². The fourth-order valence-electron chi connectivity index (χ4n) is 2.32. The van der Waals surface area contributed by atoms with Crippen LogP contribution in [0.5, 0.6) is 0 Å². The van der Waals surface area contributed by atoms with Gasteiger partial charge in [-0.2, -0.15) is 0 Å². The first-order chi connectivity index (χ1) is 9.06. The summed E-state index contributed by atoms with van der Waals surface area (Å²) in [6, 6.07) is 7.58. The SMILES string of the molecule is CC(C(=O)N(C)C)n1c(CCN)nc2ccccc21. The normalized spacial score (nSPS) is 12.6. The summed E-state index contributed by atoms with van der Waals surface area (Å²) in [4.78, 5) is 18.4. The van der Waals surface area contributed by atoms with Crippen LogP contribution in [-0.4, -0.2) is 41.0 Å². The molecule has 1 heterocycles. The Kier molecular flexibility index (Phi) is 3.85. The number of para-hydroxylation sites is 2. The van der Waals surface area contributed by atoms with Crippen molar-refractivity contribution in [3.8, 4) is 0 Å². The molecule has 0 spiro atoms. The number of fused-ring (bicyclic) bond motifs is 1. The van der Waals surface area contributed by atoms with E-state index in [9.17, 15) is 4.79 Å². The Labute approximate surface area is 113 Å². The molecule has 0 aliphatic rings. The second-order valence-corrected chi connectivity index (χ2v) is 4.83. The molecule has 0 aliphatic heterocycles. The maximum atomic E-state index is 12.2. The van der Waals surface area contributed by atoms with Crippen molar-refractivity contribution < 1.29 is 4.79 Å². The van der Waals surface area contributed by atoms with E-state index in [1.54, 1.807) is 19.0 Å². The van der Waals surface area contributed by atoms with Crippen LogP contribution in [0.3, 0.4) is 0 Å². The largest absolute Gasteiger partial charge is 0.347 e. The van der Waals surface area contributed by atoms with Gasteiger partial charge >= 0.3 is 0 Å². The number of carbonyl (C=O) groups excluding carboxylic acids is 1. The average molecular weight is 260 g/mol. The lowest BCUT2D eigenvalue weighted by Crippen LogP contribution is -2.31. The van der Waals surface area contributed by atoms with E-state index in [1.807, 2.05) is 35.8 Å². The van der Waals surface area contributed by atoms with Gasteiger partial charge in [0.1, 0.15) is 11.9 Å². The molecule has 1 aromatic carbocycles. The van der Waals surface area contributed by atoms with Crippen molar-refractivity contribution in [1.82, 2.24) is 14.5 Å². The van der Waals surface area contributed by atoms with Crippen LogP contribution >= 0.6 is 0 Å². The number of likely N-dealkylation sites (N-methyl/N-ethyl adjacent to an activating group) is 1. The zero-order valence-corrected chi connectivity index (χ0v) is 11.6. The number of carbonyl (C=O) groups is 1. The summed E-state index contributed by atoms with van der Waals surface area (Å²) in [7, 11) is 3.53. The lowest BCUT2D eigenvalue weighted by atomic mass is 10.2. The van der Waals surface area contributed by atoms with E-state index in [1.165, 1.54) is 0 Å².